The number of likely N-dealkylation sites (N-methyl/N-ethyl adjacent to an activating group) is 1. The Labute approximate surface area is 95.1 Å². The van der Waals surface area contributed by atoms with Crippen LogP contribution in [0.25, 0.3) is 0 Å². The number of esters is 1. The molecule has 0 unspecified atom stereocenters. The molecule has 0 aromatic heterocycles. The zero-order valence-electron chi connectivity index (χ0n) is 9.91. The Morgan fingerprint density at radius 3 is 2.19 bits per heavy atom. The smallest absolute Gasteiger partial charge is 0.333 e. The molecule has 1 amide bonds. The third-order valence-electron chi connectivity index (χ3n) is 1.91. The number of hydrogen-bond donors (Lipinski definition) is 0. The lowest BCUT2D eigenvalue weighted by molar-refractivity contribution is -0.146. The number of rotatable bonds is 6. The molecule has 0 spiro atoms. The first kappa shape index (κ1) is 14.3. The lowest BCUT2D eigenvalue weighted by Gasteiger charge is -2.18. The molecule has 0 radical (unpaired) electrons. The summed E-state index contributed by atoms with van der Waals surface area (Å²) >= 11 is 0. The number of amides is 1. The van der Waals surface area contributed by atoms with Crippen LogP contribution in [0.3, 0.4) is 0 Å². The van der Waals surface area contributed by atoms with Gasteiger partial charge in [0.2, 0.25) is 5.78 Å². The van der Waals surface area contributed by atoms with Crippen LogP contribution in [-0.4, -0.2) is 42.3 Å². The Kier molecular flexibility index (Phi) is 6.07. The van der Waals surface area contributed by atoms with Gasteiger partial charge in [0.15, 0.2) is 0 Å². The summed E-state index contributed by atoms with van der Waals surface area (Å²) in [7, 11) is 0. The van der Waals surface area contributed by atoms with Gasteiger partial charge in [-0.25, -0.2) is 4.79 Å². The van der Waals surface area contributed by atoms with E-state index in [2.05, 4.69) is 6.58 Å². The van der Waals surface area contributed by atoms with Gasteiger partial charge in [0.25, 0.3) is 5.91 Å². The predicted molar refractivity (Wildman–Crippen MR) is 58.7 cm³/mol. The van der Waals surface area contributed by atoms with Gasteiger partial charge >= 0.3 is 5.97 Å². The summed E-state index contributed by atoms with van der Waals surface area (Å²) < 4.78 is 4.82. The third kappa shape index (κ3) is 4.72. The Balaban J connectivity index is 4.07. The van der Waals surface area contributed by atoms with E-state index in [1.165, 1.54) is 11.8 Å². The normalized spacial score (nSPS) is 9.44. The highest BCUT2D eigenvalue weighted by atomic mass is 16.5. The molecule has 0 aromatic rings. The van der Waals surface area contributed by atoms with E-state index in [1.54, 1.807) is 13.8 Å². The van der Waals surface area contributed by atoms with Crippen molar-refractivity contribution in [3.05, 3.63) is 12.2 Å². The van der Waals surface area contributed by atoms with E-state index < -0.39 is 17.7 Å². The molecule has 0 bridgehead atoms. The van der Waals surface area contributed by atoms with Crippen LogP contribution in [0.15, 0.2) is 12.2 Å². The molecule has 0 aliphatic rings. The van der Waals surface area contributed by atoms with Crippen LogP contribution in [0.2, 0.25) is 0 Å². The standard InChI is InChI=1S/C11H17NO4/c1-5-12(10(14)9(4)13)6-7-16-11(15)8(2)3/h2,5-7H2,1,3-4H3. The summed E-state index contributed by atoms with van der Waals surface area (Å²) in [5, 5.41) is 0. The largest absolute Gasteiger partial charge is 0.460 e. The van der Waals surface area contributed by atoms with Crippen LogP contribution in [0.4, 0.5) is 0 Å². The fraction of sp³-hybridized carbons (Fsp3) is 0.545. The fourth-order valence-electron chi connectivity index (χ4n) is 0.998. The van der Waals surface area contributed by atoms with E-state index in [4.69, 9.17) is 4.74 Å². The molecule has 0 aliphatic heterocycles. The maximum atomic E-state index is 11.3. The predicted octanol–water partition coefficient (Wildman–Crippen LogP) is 0.543. The molecule has 90 valence electrons. The second-order valence-electron chi connectivity index (χ2n) is 3.36. The topological polar surface area (TPSA) is 63.7 Å². The van der Waals surface area contributed by atoms with E-state index in [0.29, 0.717) is 12.1 Å². The van der Waals surface area contributed by atoms with Crippen LogP contribution in [0.1, 0.15) is 20.8 Å². The molecule has 0 saturated heterocycles. The molecule has 0 saturated carbocycles. The molecule has 0 aromatic carbocycles. The highest BCUT2D eigenvalue weighted by molar-refractivity contribution is 6.35. The van der Waals surface area contributed by atoms with E-state index >= 15 is 0 Å². The zero-order chi connectivity index (χ0) is 12.7. The van der Waals surface area contributed by atoms with Crippen LogP contribution in [0.5, 0.6) is 0 Å². The lowest BCUT2D eigenvalue weighted by atomic mass is 10.3. The van der Waals surface area contributed by atoms with Gasteiger partial charge in [0.1, 0.15) is 6.61 Å². The van der Waals surface area contributed by atoms with Crippen molar-refractivity contribution in [2.24, 2.45) is 0 Å². The van der Waals surface area contributed by atoms with Gasteiger partial charge in [-0.1, -0.05) is 6.58 Å². The minimum absolute atomic E-state index is 0.0680. The second kappa shape index (κ2) is 6.76. The number of ketones is 1. The number of nitrogens with zero attached hydrogens (tertiary/aromatic N) is 1. The molecule has 16 heavy (non-hydrogen) atoms. The summed E-state index contributed by atoms with van der Waals surface area (Å²) in [5.41, 5.74) is 0.306. The monoisotopic (exact) mass is 227 g/mol. The van der Waals surface area contributed by atoms with E-state index in [1.807, 2.05) is 0 Å². The third-order valence-corrected chi connectivity index (χ3v) is 1.91. The van der Waals surface area contributed by atoms with Gasteiger partial charge in [0.05, 0.1) is 6.54 Å². The van der Waals surface area contributed by atoms with Gasteiger partial charge < -0.3 is 9.64 Å². The average molecular weight is 227 g/mol. The van der Waals surface area contributed by atoms with Crippen molar-refractivity contribution >= 4 is 17.7 Å². The van der Waals surface area contributed by atoms with Crippen molar-refractivity contribution in [3.63, 3.8) is 0 Å². The SMILES string of the molecule is C=C(C)C(=O)OCCN(CC)C(=O)C(C)=O. The van der Waals surface area contributed by atoms with Crippen molar-refractivity contribution in [2.75, 3.05) is 19.7 Å². The number of carbonyl (C=O) groups excluding carboxylic acids is 3. The van der Waals surface area contributed by atoms with Gasteiger partial charge in [0, 0.05) is 19.0 Å². The second-order valence-corrected chi connectivity index (χ2v) is 3.36. The minimum atomic E-state index is -0.561. The molecule has 0 atom stereocenters. The first-order valence-corrected chi connectivity index (χ1v) is 5.02. The first-order chi connectivity index (χ1) is 7.40. The highest BCUT2D eigenvalue weighted by Crippen LogP contribution is 1.95. The van der Waals surface area contributed by atoms with E-state index in [9.17, 15) is 14.4 Å². The summed E-state index contributed by atoms with van der Waals surface area (Å²) in [6, 6.07) is 0. The Morgan fingerprint density at radius 1 is 1.25 bits per heavy atom. The van der Waals surface area contributed by atoms with Crippen molar-refractivity contribution in [1.29, 1.82) is 0 Å². The lowest BCUT2D eigenvalue weighted by Crippen LogP contribution is -2.37. The zero-order valence-corrected chi connectivity index (χ0v) is 9.91. The summed E-state index contributed by atoms with van der Waals surface area (Å²) in [4.78, 5) is 34.5. The minimum Gasteiger partial charge on any atom is -0.460 e. The van der Waals surface area contributed by atoms with Crippen LogP contribution in [0, 0.1) is 0 Å². The summed E-state index contributed by atoms with van der Waals surface area (Å²) in [6.07, 6.45) is 0. The van der Waals surface area contributed by atoms with Crippen molar-refractivity contribution in [3.8, 4) is 0 Å². The highest BCUT2D eigenvalue weighted by Gasteiger charge is 2.16. The van der Waals surface area contributed by atoms with E-state index in [0.717, 1.165) is 0 Å². The number of Topliss-reactive ketones (excluding diaryl/α,β-unsaturated/α-hetero) is 1. The van der Waals surface area contributed by atoms with Crippen LogP contribution < -0.4 is 0 Å². The average Bonchev–Trinajstić information content (AvgIpc) is 2.22. The van der Waals surface area contributed by atoms with Crippen molar-refractivity contribution in [1.82, 2.24) is 4.90 Å². The van der Waals surface area contributed by atoms with Gasteiger partial charge in [-0.15, -0.1) is 0 Å². The molecule has 0 aliphatic carbocycles. The fourth-order valence-corrected chi connectivity index (χ4v) is 0.998. The van der Waals surface area contributed by atoms with Crippen molar-refractivity contribution in [2.45, 2.75) is 20.8 Å². The van der Waals surface area contributed by atoms with Crippen LogP contribution in [-0.2, 0) is 19.1 Å². The summed E-state index contributed by atoms with van der Waals surface area (Å²) in [5.74, 6) is -1.58. The Morgan fingerprint density at radius 2 is 1.81 bits per heavy atom. The summed E-state index contributed by atoms with van der Waals surface area (Å²) in [6.45, 7) is 8.62. The maximum Gasteiger partial charge on any atom is 0.333 e. The van der Waals surface area contributed by atoms with Gasteiger partial charge in [-0.3, -0.25) is 9.59 Å². The molecule has 0 heterocycles. The molecule has 0 N–H and O–H groups in total. The van der Waals surface area contributed by atoms with Gasteiger partial charge in [-0.05, 0) is 13.8 Å². The Bertz CT molecular complexity index is 309. The molecular formula is C11H17NO4. The number of carbonyl (C=O) groups is 3. The molecular weight excluding hydrogens is 210 g/mol. The first-order valence-electron chi connectivity index (χ1n) is 5.02. The maximum absolute atomic E-state index is 11.3. The van der Waals surface area contributed by atoms with Gasteiger partial charge in [-0.2, -0.15) is 0 Å². The van der Waals surface area contributed by atoms with Crippen molar-refractivity contribution < 1.29 is 19.1 Å². The van der Waals surface area contributed by atoms with E-state index in [-0.39, 0.29) is 13.2 Å². The molecule has 0 fully saturated rings. The number of ether oxygens (including phenoxy) is 1. The molecule has 0 rings (SSSR count). The molecule has 5 nitrogen and oxygen atoms in total. The van der Waals surface area contributed by atoms with Crippen LogP contribution >= 0.6 is 0 Å². The quantitative estimate of drug-likeness (QED) is 0.377. The number of hydrogen-bond acceptors (Lipinski definition) is 4. The molecule has 5 heteroatoms. The Hall–Kier alpha value is -1.65.